The molecule has 4 nitrogen and oxygen atoms in total. The monoisotopic (exact) mass is 538 g/mol. The average Bonchev–Trinajstić information content (AvgIpc) is 3.67. The maximum Gasteiger partial charge on any atom is 0.0533 e. The standard InChI is InChI=1S/C36H50N4/c1-9-21-22(10-2)30-18-32-25(13-5)26(14-6)34(39-32)20-36-28(16-8)27(15-7)35(40-36)19-33-24(12-4)23(11-3)31(38-33)17-29(21)37-30/h17-21,29,37-40H,9-16H2,1-8H3. The maximum absolute atomic E-state index is 3.99. The highest BCUT2D eigenvalue weighted by molar-refractivity contribution is 5.64. The summed E-state index contributed by atoms with van der Waals surface area (Å²) in [5.74, 6) is 0.499. The second-order valence-corrected chi connectivity index (χ2v) is 11.4. The van der Waals surface area contributed by atoms with Gasteiger partial charge in [0.1, 0.15) is 0 Å². The van der Waals surface area contributed by atoms with Crippen molar-refractivity contribution >= 4 is 24.3 Å². The Labute approximate surface area is 240 Å². The Hall–Kier alpha value is -3.14. The Morgan fingerprint density at radius 3 is 1.40 bits per heavy atom. The Bertz CT molecular complexity index is 1670. The van der Waals surface area contributed by atoms with Crippen LogP contribution in [0.3, 0.4) is 0 Å². The van der Waals surface area contributed by atoms with Crippen molar-refractivity contribution in [2.24, 2.45) is 5.92 Å². The average molecular weight is 539 g/mol. The topological polar surface area (TPSA) is 59.4 Å². The summed E-state index contributed by atoms with van der Waals surface area (Å²) in [4.78, 5) is 11.7. The lowest BCUT2D eigenvalue weighted by molar-refractivity contribution is 0.533. The first-order valence-corrected chi connectivity index (χ1v) is 16.1. The molecule has 4 heteroatoms. The second-order valence-electron chi connectivity index (χ2n) is 11.4. The number of aromatic amines is 3. The molecule has 3 aromatic rings. The summed E-state index contributed by atoms with van der Waals surface area (Å²) < 4.78 is 0. The lowest BCUT2D eigenvalue weighted by Crippen LogP contribution is -2.30. The van der Waals surface area contributed by atoms with Crippen molar-refractivity contribution in [1.29, 1.82) is 0 Å². The van der Waals surface area contributed by atoms with E-state index in [4.69, 9.17) is 0 Å². The van der Waals surface area contributed by atoms with Crippen LogP contribution in [0.15, 0.2) is 11.3 Å². The predicted octanol–water partition coefficient (Wildman–Crippen LogP) is 4.94. The van der Waals surface area contributed by atoms with E-state index in [1.165, 1.54) is 71.9 Å². The minimum atomic E-state index is 0.285. The summed E-state index contributed by atoms with van der Waals surface area (Å²) in [6, 6.07) is 0.285. The van der Waals surface area contributed by atoms with Gasteiger partial charge in [0.05, 0.1) is 6.04 Å². The van der Waals surface area contributed by atoms with Gasteiger partial charge in [-0.2, -0.15) is 0 Å². The molecule has 0 amide bonds. The highest BCUT2D eigenvalue weighted by Crippen LogP contribution is 2.32. The van der Waals surface area contributed by atoms with Gasteiger partial charge in [0.25, 0.3) is 0 Å². The molecule has 5 rings (SSSR count). The van der Waals surface area contributed by atoms with Crippen LogP contribution in [0.2, 0.25) is 0 Å². The molecule has 0 radical (unpaired) electrons. The number of fused-ring (bicyclic) bond motifs is 8. The summed E-state index contributed by atoms with van der Waals surface area (Å²) >= 11 is 0. The van der Waals surface area contributed by atoms with Gasteiger partial charge in [-0.15, -0.1) is 0 Å². The first kappa shape index (κ1) is 28.4. The van der Waals surface area contributed by atoms with E-state index < -0.39 is 0 Å². The van der Waals surface area contributed by atoms with Gasteiger partial charge in [0, 0.05) is 44.4 Å². The Balaban J connectivity index is 1.94. The van der Waals surface area contributed by atoms with Crippen molar-refractivity contribution in [1.82, 2.24) is 20.3 Å². The van der Waals surface area contributed by atoms with Crippen LogP contribution in [0.25, 0.3) is 24.3 Å². The molecule has 2 atom stereocenters. The summed E-state index contributed by atoms with van der Waals surface area (Å²) in [5, 5.41) is 9.05. The van der Waals surface area contributed by atoms with Crippen molar-refractivity contribution in [2.75, 3.05) is 0 Å². The van der Waals surface area contributed by atoms with E-state index in [1.54, 1.807) is 5.57 Å². The summed E-state index contributed by atoms with van der Waals surface area (Å²) in [7, 11) is 0. The highest BCUT2D eigenvalue weighted by atomic mass is 15.0. The van der Waals surface area contributed by atoms with E-state index in [1.807, 2.05) is 0 Å². The molecular formula is C36H50N4. The van der Waals surface area contributed by atoms with Crippen molar-refractivity contribution in [3.8, 4) is 0 Å². The fraction of sp³-hybridized carbons (Fsp3) is 0.500. The molecule has 2 aliphatic rings. The van der Waals surface area contributed by atoms with Gasteiger partial charge in [-0.3, -0.25) is 0 Å². The lowest BCUT2D eigenvalue weighted by Gasteiger charge is -2.17. The van der Waals surface area contributed by atoms with Gasteiger partial charge >= 0.3 is 0 Å². The molecule has 5 heterocycles. The van der Waals surface area contributed by atoms with E-state index in [-0.39, 0.29) is 6.04 Å². The van der Waals surface area contributed by atoms with Crippen LogP contribution in [0.4, 0.5) is 0 Å². The lowest BCUT2D eigenvalue weighted by atomic mass is 9.89. The van der Waals surface area contributed by atoms with Crippen LogP contribution < -0.4 is 26.7 Å². The molecule has 0 aliphatic carbocycles. The molecular weight excluding hydrogens is 488 g/mol. The largest absolute Gasteiger partial charge is 0.378 e. The molecule has 0 fully saturated rings. The van der Waals surface area contributed by atoms with E-state index >= 15 is 0 Å². The number of nitrogens with one attached hydrogen (secondary N) is 4. The molecule has 2 aliphatic heterocycles. The highest BCUT2D eigenvalue weighted by Gasteiger charge is 2.30. The molecule has 4 N–H and O–H groups in total. The van der Waals surface area contributed by atoms with Crippen LogP contribution in [0, 0.1) is 5.92 Å². The van der Waals surface area contributed by atoms with Crippen molar-refractivity contribution in [3.63, 3.8) is 0 Å². The van der Waals surface area contributed by atoms with Crippen LogP contribution in [-0.2, 0) is 38.5 Å². The molecule has 0 aromatic carbocycles. The zero-order chi connectivity index (χ0) is 28.6. The fourth-order valence-corrected chi connectivity index (χ4v) is 7.69. The molecule has 0 saturated carbocycles. The fourth-order valence-electron chi connectivity index (χ4n) is 7.69. The quantitative estimate of drug-likeness (QED) is 0.323. The number of hydrogen-bond donors (Lipinski definition) is 4. The van der Waals surface area contributed by atoms with Gasteiger partial charge in [-0.05, 0) is 115 Å². The van der Waals surface area contributed by atoms with E-state index in [9.17, 15) is 0 Å². The maximum atomic E-state index is 3.99. The van der Waals surface area contributed by atoms with Crippen molar-refractivity contribution < 1.29 is 0 Å². The molecule has 0 saturated heterocycles. The minimum Gasteiger partial charge on any atom is -0.378 e. The van der Waals surface area contributed by atoms with Gasteiger partial charge in [0.2, 0.25) is 0 Å². The van der Waals surface area contributed by atoms with Gasteiger partial charge in [-0.25, -0.2) is 0 Å². The zero-order valence-corrected chi connectivity index (χ0v) is 26.1. The number of allylic oxidation sites excluding steroid dienone is 1. The third kappa shape index (κ3) is 4.63. The van der Waals surface area contributed by atoms with Gasteiger partial charge in [0.15, 0.2) is 0 Å². The number of aromatic nitrogens is 3. The number of H-pyrrole nitrogens is 3. The Morgan fingerprint density at radius 1 is 0.500 bits per heavy atom. The normalized spacial score (nSPS) is 18.2. The molecule has 0 spiro atoms. The van der Waals surface area contributed by atoms with Crippen molar-refractivity contribution in [2.45, 2.75) is 113 Å². The van der Waals surface area contributed by atoms with Crippen LogP contribution >= 0.6 is 0 Å². The molecule has 214 valence electrons. The van der Waals surface area contributed by atoms with E-state index in [0.717, 1.165) is 51.4 Å². The number of rotatable bonds is 8. The van der Waals surface area contributed by atoms with Crippen LogP contribution in [0.1, 0.15) is 113 Å². The smallest absolute Gasteiger partial charge is 0.0533 e. The van der Waals surface area contributed by atoms with Gasteiger partial charge in [-0.1, -0.05) is 55.4 Å². The minimum absolute atomic E-state index is 0.285. The molecule has 3 aromatic heterocycles. The summed E-state index contributed by atoms with van der Waals surface area (Å²) in [5.41, 5.74) is 14.0. The van der Waals surface area contributed by atoms with E-state index in [2.05, 4.69) is 100.0 Å². The molecule has 2 unspecified atom stereocenters. The summed E-state index contributed by atoms with van der Waals surface area (Å²) in [6.45, 7) is 18.4. The Morgan fingerprint density at radius 2 is 0.950 bits per heavy atom. The first-order chi connectivity index (χ1) is 19.5. The molecule has 8 bridgehead atoms. The molecule has 40 heavy (non-hydrogen) atoms. The Kier molecular flexibility index (Phi) is 8.35. The SMILES string of the molecule is CCC1=C2C=c3[nH]c(c(CC)c3CC)=Cc3[nH]c(c(CC)c3CC)C=c3[nH]c(c(CC)c3CC)=CC(N2)C1CC. The van der Waals surface area contributed by atoms with Gasteiger partial charge < -0.3 is 20.3 Å². The zero-order valence-electron chi connectivity index (χ0n) is 26.1. The van der Waals surface area contributed by atoms with Crippen LogP contribution in [0.5, 0.6) is 0 Å². The van der Waals surface area contributed by atoms with E-state index in [0.29, 0.717) is 5.92 Å². The second kappa shape index (κ2) is 11.8. The van der Waals surface area contributed by atoms with Crippen molar-refractivity contribution in [3.05, 3.63) is 77.4 Å². The van der Waals surface area contributed by atoms with Crippen LogP contribution in [-0.4, -0.2) is 21.0 Å². The third-order valence-electron chi connectivity index (χ3n) is 9.56. The third-order valence-corrected chi connectivity index (χ3v) is 9.56. The summed E-state index contributed by atoms with van der Waals surface area (Å²) in [6.07, 6.45) is 18.0. The predicted molar refractivity (Wildman–Crippen MR) is 171 cm³/mol. The first-order valence-electron chi connectivity index (χ1n) is 16.1. The number of hydrogen-bond acceptors (Lipinski definition) is 1.